The van der Waals surface area contributed by atoms with Crippen LogP contribution in [-0.4, -0.2) is 25.1 Å². The number of ether oxygens (including phenoxy) is 1. The summed E-state index contributed by atoms with van der Waals surface area (Å²) in [5.74, 6) is 0.0858. The zero-order valence-electron chi connectivity index (χ0n) is 13.6. The number of hydrogen-bond donors (Lipinski definition) is 2. The number of halogens is 1. The summed E-state index contributed by atoms with van der Waals surface area (Å²) in [7, 11) is 1.54. The minimum atomic E-state index is -0.347. The maximum absolute atomic E-state index is 13.6. The summed E-state index contributed by atoms with van der Waals surface area (Å²) >= 11 is 0. The Balaban J connectivity index is 1.84. The van der Waals surface area contributed by atoms with Crippen molar-refractivity contribution in [3.05, 3.63) is 53.8 Å². The van der Waals surface area contributed by atoms with Crippen LogP contribution in [0.4, 0.5) is 4.39 Å². The molecule has 1 saturated carbocycles. The first-order valence-electron chi connectivity index (χ1n) is 8.07. The van der Waals surface area contributed by atoms with Gasteiger partial charge in [-0.25, -0.2) is 4.39 Å². The highest BCUT2D eigenvalue weighted by Gasteiger charge is 2.23. The predicted octanol–water partition coefficient (Wildman–Crippen LogP) is 3.11. The van der Waals surface area contributed by atoms with Crippen LogP contribution in [0, 0.1) is 5.82 Å². The normalized spacial score (nSPS) is 20.0. The summed E-state index contributed by atoms with van der Waals surface area (Å²) in [6, 6.07) is 11.7. The van der Waals surface area contributed by atoms with E-state index in [1.165, 1.54) is 19.2 Å². The molecule has 0 spiro atoms. The fraction of sp³-hybridized carbons (Fsp3) is 0.316. The molecule has 1 aliphatic rings. The Bertz CT molecular complexity index is 748. The number of nitrogens with two attached hydrogens (primary N) is 1. The third-order valence-electron chi connectivity index (χ3n) is 4.41. The van der Waals surface area contributed by atoms with Gasteiger partial charge in [0.2, 0.25) is 0 Å². The first kappa shape index (κ1) is 16.5. The average Bonchev–Trinajstić information content (AvgIpc) is 2.99. The van der Waals surface area contributed by atoms with E-state index in [-0.39, 0.29) is 23.8 Å². The van der Waals surface area contributed by atoms with Crippen LogP contribution in [0.15, 0.2) is 42.5 Å². The van der Waals surface area contributed by atoms with Gasteiger partial charge >= 0.3 is 0 Å². The molecule has 0 aliphatic heterocycles. The maximum atomic E-state index is 13.6. The molecule has 1 aliphatic carbocycles. The molecule has 3 N–H and O–H groups in total. The Labute approximate surface area is 140 Å². The van der Waals surface area contributed by atoms with E-state index in [9.17, 15) is 9.18 Å². The van der Waals surface area contributed by atoms with Crippen molar-refractivity contribution in [2.24, 2.45) is 5.73 Å². The second-order valence-corrected chi connectivity index (χ2v) is 6.17. The predicted molar refractivity (Wildman–Crippen MR) is 91.5 cm³/mol. The lowest BCUT2D eigenvalue weighted by Crippen LogP contribution is -2.34. The Morgan fingerprint density at radius 2 is 2.08 bits per heavy atom. The molecule has 2 aromatic rings. The fourth-order valence-corrected chi connectivity index (χ4v) is 3.15. The molecule has 2 aromatic carbocycles. The van der Waals surface area contributed by atoms with Gasteiger partial charge in [-0.2, -0.15) is 0 Å². The standard InChI is InChI=1S/C19H21FN2O2/c1-24-18-8-5-14(20)10-17(18)12-3-2-4-13(9-12)19(23)22-16-7-6-15(21)11-16/h2-5,8-10,15-16H,6-7,11,21H2,1H3,(H,22,23)/t15-,16+/m0/s1. The van der Waals surface area contributed by atoms with Crippen molar-refractivity contribution in [1.29, 1.82) is 0 Å². The molecule has 24 heavy (non-hydrogen) atoms. The van der Waals surface area contributed by atoms with Gasteiger partial charge in [-0.1, -0.05) is 12.1 Å². The van der Waals surface area contributed by atoms with Gasteiger partial charge in [0.15, 0.2) is 0 Å². The van der Waals surface area contributed by atoms with Crippen LogP contribution in [0.25, 0.3) is 11.1 Å². The van der Waals surface area contributed by atoms with Crippen molar-refractivity contribution in [2.75, 3.05) is 7.11 Å². The van der Waals surface area contributed by atoms with Gasteiger partial charge in [-0.3, -0.25) is 4.79 Å². The van der Waals surface area contributed by atoms with Gasteiger partial charge < -0.3 is 15.8 Å². The van der Waals surface area contributed by atoms with E-state index in [4.69, 9.17) is 10.5 Å². The number of carbonyl (C=O) groups excluding carboxylic acids is 1. The highest BCUT2D eigenvalue weighted by Crippen LogP contribution is 2.31. The molecule has 1 amide bonds. The van der Waals surface area contributed by atoms with Crippen LogP contribution in [0.2, 0.25) is 0 Å². The Morgan fingerprint density at radius 1 is 1.25 bits per heavy atom. The molecule has 126 valence electrons. The van der Waals surface area contributed by atoms with Crippen LogP contribution in [0.3, 0.4) is 0 Å². The van der Waals surface area contributed by atoms with Crippen molar-refractivity contribution in [1.82, 2.24) is 5.32 Å². The van der Waals surface area contributed by atoms with Crippen LogP contribution in [-0.2, 0) is 0 Å². The summed E-state index contributed by atoms with van der Waals surface area (Å²) in [6.07, 6.45) is 2.65. The fourth-order valence-electron chi connectivity index (χ4n) is 3.15. The lowest BCUT2D eigenvalue weighted by atomic mass is 10.0. The van der Waals surface area contributed by atoms with Gasteiger partial charge in [-0.05, 0) is 55.2 Å². The van der Waals surface area contributed by atoms with Crippen LogP contribution < -0.4 is 15.8 Å². The average molecular weight is 328 g/mol. The smallest absolute Gasteiger partial charge is 0.251 e. The summed E-state index contributed by atoms with van der Waals surface area (Å²) in [5, 5.41) is 3.02. The number of carbonyl (C=O) groups is 1. The molecule has 4 nitrogen and oxygen atoms in total. The highest BCUT2D eigenvalue weighted by atomic mass is 19.1. The number of rotatable bonds is 4. The van der Waals surface area contributed by atoms with Crippen LogP contribution >= 0.6 is 0 Å². The van der Waals surface area contributed by atoms with Crippen molar-refractivity contribution >= 4 is 5.91 Å². The number of hydrogen-bond acceptors (Lipinski definition) is 3. The third kappa shape index (κ3) is 3.57. The van der Waals surface area contributed by atoms with Gasteiger partial charge in [0.1, 0.15) is 11.6 Å². The molecule has 0 unspecified atom stereocenters. The minimum Gasteiger partial charge on any atom is -0.496 e. The summed E-state index contributed by atoms with van der Waals surface area (Å²) < 4.78 is 18.9. The first-order valence-corrected chi connectivity index (χ1v) is 8.07. The summed E-state index contributed by atoms with van der Waals surface area (Å²) in [4.78, 5) is 12.5. The number of nitrogens with one attached hydrogen (secondary N) is 1. The van der Waals surface area contributed by atoms with E-state index < -0.39 is 0 Å². The topological polar surface area (TPSA) is 64.3 Å². The van der Waals surface area contributed by atoms with Crippen molar-refractivity contribution in [3.63, 3.8) is 0 Å². The Hall–Kier alpha value is -2.40. The van der Waals surface area contributed by atoms with E-state index in [1.807, 2.05) is 6.07 Å². The molecule has 2 atom stereocenters. The SMILES string of the molecule is COc1ccc(F)cc1-c1cccc(C(=O)N[C@@H]2CC[C@H](N)C2)c1. The molecule has 0 heterocycles. The lowest BCUT2D eigenvalue weighted by Gasteiger charge is -2.14. The number of benzene rings is 2. The number of amides is 1. The minimum absolute atomic E-state index is 0.125. The summed E-state index contributed by atoms with van der Waals surface area (Å²) in [6.45, 7) is 0. The quantitative estimate of drug-likeness (QED) is 0.906. The molecule has 1 fully saturated rings. The molecule has 3 rings (SSSR count). The van der Waals surface area contributed by atoms with Crippen molar-refractivity contribution in [3.8, 4) is 16.9 Å². The number of methoxy groups -OCH3 is 1. The Kier molecular flexibility index (Phi) is 4.81. The van der Waals surface area contributed by atoms with E-state index in [1.54, 1.807) is 24.3 Å². The van der Waals surface area contributed by atoms with Crippen LogP contribution in [0.5, 0.6) is 5.75 Å². The van der Waals surface area contributed by atoms with Crippen LogP contribution in [0.1, 0.15) is 29.6 Å². The van der Waals surface area contributed by atoms with E-state index in [0.29, 0.717) is 16.9 Å². The monoisotopic (exact) mass is 328 g/mol. The summed E-state index contributed by atoms with van der Waals surface area (Å²) in [5.41, 5.74) is 7.78. The highest BCUT2D eigenvalue weighted by molar-refractivity contribution is 5.95. The molecule has 0 radical (unpaired) electrons. The van der Waals surface area contributed by atoms with Gasteiger partial charge in [-0.15, -0.1) is 0 Å². The molecular weight excluding hydrogens is 307 g/mol. The molecule has 0 aromatic heterocycles. The van der Waals surface area contributed by atoms with Gasteiger partial charge in [0, 0.05) is 23.2 Å². The second-order valence-electron chi connectivity index (χ2n) is 6.17. The second kappa shape index (κ2) is 7.01. The maximum Gasteiger partial charge on any atom is 0.251 e. The first-order chi connectivity index (χ1) is 11.6. The van der Waals surface area contributed by atoms with E-state index in [2.05, 4.69) is 5.32 Å². The zero-order chi connectivity index (χ0) is 17.1. The largest absolute Gasteiger partial charge is 0.496 e. The molecular formula is C19H21FN2O2. The third-order valence-corrected chi connectivity index (χ3v) is 4.41. The van der Waals surface area contributed by atoms with Gasteiger partial charge in [0.25, 0.3) is 5.91 Å². The van der Waals surface area contributed by atoms with E-state index in [0.717, 1.165) is 24.8 Å². The lowest BCUT2D eigenvalue weighted by molar-refractivity contribution is 0.0937. The molecule has 0 saturated heterocycles. The zero-order valence-corrected chi connectivity index (χ0v) is 13.6. The molecule has 0 bridgehead atoms. The van der Waals surface area contributed by atoms with Crippen molar-refractivity contribution in [2.45, 2.75) is 31.3 Å². The van der Waals surface area contributed by atoms with Gasteiger partial charge in [0.05, 0.1) is 7.11 Å². The Morgan fingerprint density at radius 3 is 2.79 bits per heavy atom. The van der Waals surface area contributed by atoms with E-state index >= 15 is 0 Å². The van der Waals surface area contributed by atoms with Crippen molar-refractivity contribution < 1.29 is 13.9 Å². The molecule has 5 heteroatoms.